The van der Waals surface area contributed by atoms with E-state index in [0.717, 1.165) is 29.7 Å². The van der Waals surface area contributed by atoms with E-state index in [1.807, 2.05) is 12.1 Å². The van der Waals surface area contributed by atoms with E-state index in [9.17, 15) is 14.4 Å². The Kier molecular flexibility index (Phi) is 19.1. The number of ether oxygens (including phenoxy) is 2. The Bertz CT molecular complexity index is 763. The third-order valence-corrected chi connectivity index (χ3v) is 7.09. The minimum absolute atomic E-state index is 0.209. The van der Waals surface area contributed by atoms with Crippen LogP contribution < -0.4 is 4.74 Å². The molecule has 0 radical (unpaired) electrons. The highest BCUT2D eigenvalue weighted by atomic mass is 16.5. The smallest absolute Gasteiger partial charge is 0.329 e. The van der Waals surface area contributed by atoms with Gasteiger partial charge in [0.25, 0.3) is 0 Å². The standard InChI is InChI=1S/C32H53NO5/c1-5-6-7-8-9-10-11-12-13-14-15-16-17-18-19-20-25-38-32(36)31(33(27(2)34)28(3)35)26-29-21-23-30(37-4)24-22-29/h21-24,31H,5-20,25-26H2,1-4H3. The van der Waals surface area contributed by atoms with Crippen molar-refractivity contribution >= 4 is 17.8 Å². The predicted molar refractivity (Wildman–Crippen MR) is 154 cm³/mol. The molecule has 1 atom stereocenters. The zero-order valence-corrected chi connectivity index (χ0v) is 24.6. The minimum atomic E-state index is -0.973. The fourth-order valence-corrected chi connectivity index (χ4v) is 4.84. The van der Waals surface area contributed by atoms with Gasteiger partial charge >= 0.3 is 5.97 Å². The predicted octanol–water partition coefficient (Wildman–Crippen LogP) is 7.81. The highest BCUT2D eigenvalue weighted by Gasteiger charge is 2.32. The normalized spacial score (nSPS) is 11.7. The molecule has 6 nitrogen and oxygen atoms in total. The summed E-state index contributed by atoms with van der Waals surface area (Å²) in [5, 5.41) is 0. The number of esters is 1. The number of benzene rings is 1. The van der Waals surface area contributed by atoms with Gasteiger partial charge in [0.1, 0.15) is 11.8 Å². The Morgan fingerprint density at radius 3 is 1.50 bits per heavy atom. The van der Waals surface area contributed by atoms with E-state index < -0.39 is 23.8 Å². The molecule has 0 spiro atoms. The summed E-state index contributed by atoms with van der Waals surface area (Å²) in [7, 11) is 1.58. The number of methoxy groups -OCH3 is 1. The van der Waals surface area contributed by atoms with Crippen molar-refractivity contribution in [3.8, 4) is 5.75 Å². The molecular formula is C32H53NO5. The maximum atomic E-state index is 12.9. The molecule has 0 saturated carbocycles. The average Bonchev–Trinajstić information content (AvgIpc) is 2.90. The SMILES string of the molecule is CCCCCCCCCCCCCCCCCCOC(=O)C(Cc1ccc(OC)cc1)N(C(C)=O)C(C)=O. The van der Waals surface area contributed by atoms with Crippen LogP contribution in [0.1, 0.15) is 129 Å². The fraction of sp³-hybridized carbons (Fsp3) is 0.719. The maximum Gasteiger partial charge on any atom is 0.329 e. The Balaban J connectivity index is 2.23. The number of carbonyl (C=O) groups excluding carboxylic acids is 3. The van der Waals surface area contributed by atoms with Gasteiger partial charge in [0, 0.05) is 20.3 Å². The zero-order chi connectivity index (χ0) is 28.0. The lowest BCUT2D eigenvalue weighted by molar-refractivity contribution is -0.160. The van der Waals surface area contributed by atoms with Crippen LogP contribution in [0.15, 0.2) is 24.3 Å². The van der Waals surface area contributed by atoms with Crippen LogP contribution >= 0.6 is 0 Å². The molecule has 216 valence electrons. The van der Waals surface area contributed by atoms with Gasteiger partial charge in [-0.25, -0.2) is 4.79 Å². The summed E-state index contributed by atoms with van der Waals surface area (Å²) in [6, 6.07) is 6.26. The molecule has 0 aliphatic carbocycles. The summed E-state index contributed by atoms with van der Waals surface area (Å²) in [6.45, 7) is 5.17. The number of hydrogen-bond acceptors (Lipinski definition) is 5. The molecule has 0 bridgehead atoms. The summed E-state index contributed by atoms with van der Waals surface area (Å²) in [6.07, 6.45) is 20.7. The molecule has 38 heavy (non-hydrogen) atoms. The number of rotatable bonds is 22. The van der Waals surface area contributed by atoms with E-state index >= 15 is 0 Å². The van der Waals surface area contributed by atoms with Gasteiger partial charge in [0.05, 0.1) is 13.7 Å². The van der Waals surface area contributed by atoms with Crippen molar-refractivity contribution in [3.63, 3.8) is 0 Å². The van der Waals surface area contributed by atoms with Crippen LogP contribution in [0, 0.1) is 0 Å². The first-order chi connectivity index (χ1) is 18.4. The highest BCUT2D eigenvalue weighted by Crippen LogP contribution is 2.17. The van der Waals surface area contributed by atoms with Gasteiger partial charge in [-0.3, -0.25) is 14.5 Å². The molecule has 0 saturated heterocycles. The van der Waals surface area contributed by atoms with Crippen molar-refractivity contribution in [2.75, 3.05) is 13.7 Å². The van der Waals surface area contributed by atoms with Crippen LogP contribution in [0.3, 0.4) is 0 Å². The Labute approximate surface area is 231 Å². The number of unbranched alkanes of at least 4 members (excludes halogenated alkanes) is 15. The Morgan fingerprint density at radius 1 is 0.684 bits per heavy atom. The molecular weight excluding hydrogens is 478 g/mol. The first kappa shape index (κ1) is 33.7. The lowest BCUT2D eigenvalue weighted by atomic mass is 10.0. The van der Waals surface area contributed by atoms with Crippen LogP contribution in [0.25, 0.3) is 0 Å². The average molecular weight is 532 g/mol. The summed E-state index contributed by atoms with van der Waals surface area (Å²) < 4.78 is 10.7. The zero-order valence-electron chi connectivity index (χ0n) is 24.6. The molecule has 6 heteroatoms. The molecule has 2 amide bonds. The van der Waals surface area contributed by atoms with Crippen LogP contribution in [-0.4, -0.2) is 42.4 Å². The highest BCUT2D eigenvalue weighted by molar-refractivity contribution is 5.97. The molecule has 1 unspecified atom stereocenters. The van der Waals surface area contributed by atoms with Gasteiger partial charge in [-0.05, 0) is 24.1 Å². The van der Waals surface area contributed by atoms with Gasteiger partial charge < -0.3 is 9.47 Å². The van der Waals surface area contributed by atoms with Crippen molar-refractivity contribution < 1.29 is 23.9 Å². The third kappa shape index (κ3) is 15.1. The largest absolute Gasteiger partial charge is 0.497 e. The first-order valence-corrected chi connectivity index (χ1v) is 15.0. The van der Waals surface area contributed by atoms with Crippen LogP contribution in [0.5, 0.6) is 5.75 Å². The van der Waals surface area contributed by atoms with Gasteiger partial charge in [-0.1, -0.05) is 115 Å². The van der Waals surface area contributed by atoms with E-state index in [0.29, 0.717) is 12.4 Å². The first-order valence-electron chi connectivity index (χ1n) is 15.0. The van der Waals surface area contributed by atoms with E-state index in [1.54, 1.807) is 19.2 Å². The second-order valence-corrected chi connectivity index (χ2v) is 10.4. The Hall–Kier alpha value is -2.37. The monoisotopic (exact) mass is 531 g/mol. The van der Waals surface area contributed by atoms with Crippen molar-refractivity contribution in [1.82, 2.24) is 4.90 Å². The topological polar surface area (TPSA) is 72.9 Å². The van der Waals surface area contributed by atoms with Gasteiger partial charge in [-0.15, -0.1) is 0 Å². The number of imide groups is 1. The van der Waals surface area contributed by atoms with E-state index in [-0.39, 0.29) is 6.42 Å². The fourth-order valence-electron chi connectivity index (χ4n) is 4.84. The van der Waals surface area contributed by atoms with Crippen molar-refractivity contribution in [1.29, 1.82) is 0 Å². The van der Waals surface area contributed by atoms with Crippen LogP contribution in [0.4, 0.5) is 0 Å². The van der Waals surface area contributed by atoms with E-state index in [4.69, 9.17) is 9.47 Å². The number of amides is 2. The second kappa shape index (κ2) is 21.6. The van der Waals surface area contributed by atoms with Gasteiger partial charge in [0.2, 0.25) is 11.8 Å². The lowest BCUT2D eigenvalue weighted by Gasteiger charge is -2.27. The molecule has 0 aromatic heterocycles. The molecule has 0 N–H and O–H groups in total. The van der Waals surface area contributed by atoms with Gasteiger partial charge in [0.15, 0.2) is 0 Å². The summed E-state index contributed by atoms with van der Waals surface area (Å²) in [4.78, 5) is 38.2. The molecule has 0 heterocycles. The van der Waals surface area contributed by atoms with E-state index in [2.05, 4.69) is 6.92 Å². The Morgan fingerprint density at radius 2 is 1.11 bits per heavy atom. The molecule has 0 aliphatic heterocycles. The molecule has 1 aromatic rings. The van der Waals surface area contributed by atoms with Crippen LogP contribution in [-0.2, 0) is 25.5 Å². The molecule has 1 rings (SSSR count). The molecule has 0 aliphatic rings. The van der Waals surface area contributed by atoms with Crippen molar-refractivity contribution in [2.24, 2.45) is 0 Å². The number of carbonyl (C=O) groups is 3. The van der Waals surface area contributed by atoms with E-state index in [1.165, 1.54) is 97.3 Å². The molecule has 1 aromatic carbocycles. The number of nitrogens with zero attached hydrogens (tertiary/aromatic N) is 1. The second-order valence-electron chi connectivity index (χ2n) is 10.4. The lowest BCUT2D eigenvalue weighted by Crippen LogP contribution is -2.48. The summed E-state index contributed by atoms with van der Waals surface area (Å²) >= 11 is 0. The molecule has 0 fully saturated rings. The quantitative estimate of drug-likeness (QED) is 0.113. The number of hydrogen-bond donors (Lipinski definition) is 0. The summed E-state index contributed by atoms with van der Waals surface area (Å²) in [5.74, 6) is -0.760. The third-order valence-electron chi connectivity index (χ3n) is 7.09. The van der Waals surface area contributed by atoms with Gasteiger partial charge in [-0.2, -0.15) is 0 Å². The van der Waals surface area contributed by atoms with Crippen molar-refractivity contribution in [2.45, 2.75) is 136 Å². The van der Waals surface area contributed by atoms with Crippen molar-refractivity contribution in [3.05, 3.63) is 29.8 Å². The summed E-state index contributed by atoms with van der Waals surface area (Å²) in [5.41, 5.74) is 0.822. The minimum Gasteiger partial charge on any atom is -0.497 e. The maximum absolute atomic E-state index is 12.9. The van der Waals surface area contributed by atoms with Crippen LogP contribution in [0.2, 0.25) is 0 Å².